The van der Waals surface area contributed by atoms with Gasteiger partial charge in [-0.2, -0.15) is 15.1 Å². The van der Waals surface area contributed by atoms with Gasteiger partial charge in [-0.3, -0.25) is 10.2 Å². The molecule has 0 fully saturated rings. The number of nitrogens with zero attached hydrogens (tertiary/aromatic N) is 4. The van der Waals surface area contributed by atoms with Crippen LogP contribution in [0.2, 0.25) is 0 Å². The van der Waals surface area contributed by atoms with Gasteiger partial charge < -0.3 is 14.0 Å². The maximum Gasteiger partial charge on any atom is 0.283 e. The third-order valence-electron chi connectivity index (χ3n) is 6.71. The minimum Gasteiger partial charge on any atom is -0.493 e. The van der Waals surface area contributed by atoms with E-state index < -0.39 is 5.91 Å². The average molecular weight is 550 g/mol. The largest absolute Gasteiger partial charge is 0.493 e. The average Bonchev–Trinajstić information content (AvgIpc) is 3.55. The van der Waals surface area contributed by atoms with Crippen LogP contribution in [0, 0.1) is 12.3 Å². The van der Waals surface area contributed by atoms with E-state index in [1.165, 1.54) is 16.8 Å². The second-order valence-electron chi connectivity index (χ2n) is 9.44. The van der Waals surface area contributed by atoms with Crippen LogP contribution < -0.4 is 9.47 Å². The van der Waals surface area contributed by atoms with Gasteiger partial charge in [0.2, 0.25) is 5.17 Å². The van der Waals surface area contributed by atoms with Crippen LogP contribution in [0.15, 0.2) is 94.7 Å². The molecule has 0 aliphatic carbocycles. The van der Waals surface area contributed by atoms with E-state index in [0.717, 1.165) is 46.3 Å². The highest BCUT2D eigenvalue weighted by atomic mass is 32.2. The van der Waals surface area contributed by atoms with E-state index in [2.05, 4.69) is 20.7 Å². The van der Waals surface area contributed by atoms with Crippen LogP contribution in [0.4, 0.5) is 0 Å². The number of nitrogens with one attached hydrogen (secondary N) is 1. The Hall–Kier alpha value is -4.63. The molecule has 0 atom stereocenters. The zero-order valence-corrected chi connectivity index (χ0v) is 22.9. The van der Waals surface area contributed by atoms with E-state index in [1.54, 1.807) is 13.2 Å². The number of benzene rings is 3. The molecule has 1 N–H and O–H groups in total. The van der Waals surface area contributed by atoms with Crippen LogP contribution in [0.25, 0.3) is 17.0 Å². The number of aliphatic imine (C=N–C) groups is 1. The lowest BCUT2D eigenvalue weighted by Crippen LogP contribution is -2.35. The van der Waals surface area contributed by atoms with Gasteiger partial charge in [0.1, 0.15) is 5.04 Å². The number of rotatable bonds is 8. The summed E-state index contributed by atoms with van der Waals surface area (Å²) in [6.45, 7) is 3.27. The lowest BCUT2D eigenvalue weighted by atomic mass is 10.1. The number of ether oxygens (including phenoxy) is 2. The molecule has 9 heteroatoms. The van der Waals surface area contributed by atoms with Crippen molar-refractivity contribution < 1.29 is 14.3 Å². The van der Waals surface area contributed by atoms with Gasteiger partial charge in [-0.1, -0.05) is 54.1 Å². The molecule has 3 aromatic carbocycles. The summed E-state index contributed by atoms with van der Waals surface area (Å²) in [7, 11) is 1.63. The first-order valence-electron chi connectivity index (χ1n) is 12.9. The summed E-state index contributed by atoms with van der Waals surface area (Å²) in [5.41, 5.74) is 4.15. The van der Waals surface area contributed by atoms with Crippen molar-refractivity contribution in [3.05, 3.63) is 101 Å². The summed E-state index contributed by atoms with van der Waals surface area (Å²) in [6, 6.07) is 23.6. The van der Waals surface area contributed by atoms with Crippen molar-refractivity contribution >= 4 is 50.7 Å². The molecule has 1 aromatic heterocycles. The summed E-state index contributed by atoms with van der Waals surface area (Å²) >= 11 is 1.30. The Bertz CT molecular complexity index is 1740. The Balaban J connectivity index is 1.23. The first-order valence-corrected chi connectivity index (χ1v) is 13.7. The van der Waals surface area contributed by atoms with Crippen molar-refractivity contribution in [3.8, 4) is 11.5 Å². The fourth-order valence-electron chi connectivity index (χ4n) is 4.77. The van der Waals surface area contributed by atoms with Crippen LogP contribution in [0.3, 0.4) is 0 Å². The molecule has 8 nitrogen and oxygen atoms in total. The zero-order valence-electron chi connectivity index (χ0n) is 22.1. The number of amidine groups is 2. The molecular formula is C31H27N5O3S. The van der Waals surface area contributed by atoms with E-state index in [0.29, 0.717) is 22.6 Å². The molecule has 0 saturated heterocycles. The molecule has 40 heavy (non-hydrogen) atoms. The Morgan fingerprint density at radius 3 is 2.65 bits per heavy atom. The summed E-state index contributed by atoms with van der Waals surface area (Å²) in [5.74, 6) is 1.01. The maximum absolute atomic E-state index is 13.1. The quantitative estimate of drug-likeness (QED) is 0.212. The highest BCUT2D eigenvalue weighted by Crippen LogP contribution is 2.32. The predicted octanol–water partition coefficient (Wildman–Crippen LogP) is 6.09. The number of carbonyl (C=O) groups is 1. The number of hydrogen-bond donors (Lipinski definition) is 1. The number of amides is 1. The van der Waals surface area contributed by atoms with Crippen LogP contribution >= 0.6 is 11.8 Å². The van der Waals surface area contributed by atoms with Gasteiger partial charge in [0.15, 0.2) is 17.3 Å². The number of carbonyl (C=O) groups excluding carboxylic acids is 1. The molecule has 0 radical (unpaired) electrons. The van der Waals surface area contributed by atoms with Gasteiger partial charge in [-0.25, -0.2) is 0 Å². The fourth-order valence-corrected chi connectivity index (χ4v) is 5.66. The molecule has 3 heterocycles. The van der Waals surface area contributed by atoms with Crippen molar-refractivity contribution in [2.75, 3.05) is 13.7 Å². The normalized spacial score (nSPS) is 15.8. The van der Waals surface area contributed by atoms with Crippen molar-refractivity contribution in [1.29, 1.82) is 5.41 Å². The maximum atomic E-state index is 13.1. The van der Waals surface area contributed by atoms with E-state index in [-0.39, 0.29) is 11.4 Å². The number of methoxy groups -OCH3 is 1. The van der Waals surface area contributed by atoms with Crippen LogP contribution in [0.1, 0.15) is 23.1 Å². The Morgan fingerprint density at radius 2 is 1.82 bits per heavy atom. The van der Waals surface area contributed by atoms with Gasteiger partial charge in [0.05, 0.1) is 19.3 Å². The number of aryl methyl sites for hydroxylation is 2. The minimum absolute atomic E-state index is 0.0205. The van der Waals surface area contributed by atoms with Gasteiger partial charge in [0, 0.05) is 34.8 Å². The molecule has 200 valence electrons. The molecule has 4 aromatic rings. The molecule has 6 rings (SSSR count). The second-order valence-corrected chi connectivity index (χ2v) is 10.4. The second kappa shape index (κ2) is 10.9. The van der Waals surface area contributed by atoms with Gasteiger partial charge in [-0.05, 0) is 55.4 Å². The summed E-state index contributed by atoms with van der Waals surface area (Å²) in [6.07, 6.45) is 4.54. The lowest BCUT2D eigenvalue weighted by molar-refractivity contribution is -0.114. The van der Waals surface area contributed by atoms with E-state index in [4.69, 9.17) is 14.9 Å². The molecule has 0 bridgehead atoms. The summed E-state index contributed by atoms with van der Waals surface area (Å²) in [5, 5.41) is 17.0. The van der Waals surface area contributed by atoms with Gasteiger partial charge in [0.25, 0.3) is 5.91 Å². The van der Waals surface area contributed by atoms with Crippen molar-refractivity contribution in [2.45, 2.75) is 19.9 Å². The highest BCUT2D eigenvalue weighted by molar-refractivity contribution is 8.27. The summed E-state index contributed by atoms with van der Waals surface area (Å²) in [4.78, 5) is 17.3. The SMILES string of the molecule is COc1ccccc1OCCCn1cc(C=C2C(=N)N3N=C(c4cccc(C)c4)SC3=NC2=O)c2ccccc21. The predicted molar refractivity (Wildman–Crippen MR) is 160 cm³/mol. The van der Waals surface area contributed by atoms with Crippen LogP contribution in [-0.2, 0) is 11.3 Å². The van der Waals surface area contributed by atoms with E-state index in [9.17, 15) is 4.79 Å². The Labute approximate surface area is 236 Å². The third-order valence-corrected chi connectivity index (χ3v) is 7.67. The molecule has 0 saturated carbocycles. The van der Waals surface area contributed by atoms with Crippen molar-refractivity contribution in [3.63, 3.8) is 0 Å². The van der Waals surface area contributed by atoms with E-state index >= 15 is 0 Å². The molecule has 2 aliphatic rings. The lowest BCUT2D eigenvalue weighted by Gasteiger charge is -2.20. The smallest absolute Gasteiger partial charge is 0.283 e. The van der Waals surface area contributed by atoms with Crippen molar-refractivity contribution in [2.24, 2.45) is 10.1 Å². The van der Waals surface area contributed by atoms with Gasteiger partial charge in [-0.15, -0.1) is 0 Å². The molecule has 1 amide bonds. The molecule has 2 aliphatic heterocycles. The third kappa shape index (κ3) is 4.91. The number of para-hydroxylation sites is 3. The number of hydrogen-bond acceptors (Lipinski definition) is 6. The number of fused-ring (bicyclic) bond motifs is 2. The first-order chi connectivity index (χ1) is 19.5. The molecular weight excluding hydrogens is 522 g/mol. The number of thioether (sulfide) groups is 1. The molecule has 0 spiro atoms. The first kappa shape index (κ1) is 25.6. The van der Waals surface area contributed by atoms with E-state index in [1.807, 2.05) is 79.9 Å². The van der Waals surface area contributed by atoms with Crippen molar-refractivity contribution in [1.82, 2.24) is 9.58 Å². The number of hydrazone groups is 1. The Kier molecular flexibility index (Phi) is 6.96. The van der Waals surface area contributed by atoms with Crippen LogP contribution in [0.5, 0.6) is 11.5 Å². The number of aromatic nitrogens is 1. The molecule has 0 unspecified atom stereocenters. The standard InChI is InChI=1S/C31H27N5O3S/c1-20-9-7-10-21(17-20)30-34-36-28(32)24(29(37)33-31(36)40-30)18-22-19-35(25-12-4-3-11-23(22)25)15-8-16-39-27-14-6-5-13-26(27)38-2/h3-7,9-14,17-19,32H,8,15-16H2,1-2H3. The van der Waals surface area contributed by atoms with Crippen LogP contribution in [-0.4, -0.2) is 45.2 Å². The monoisotopic (exact) mass is 549 g/mol. The zero-order chi connectivity index (χ0) is 27.6. The summed E-state index contributed by atoms with van der Waals surface area (Å²) < 4.78 is 13.5. The highest BCUT2D eigenvalue weighted by Gasteiger charge is 2.36. The topological polar surface area (TPSA) is 92.3 Å². The Morgan fingerprint density at radius 1 is 1.02 bits per heavy atom. The minimum atomic E-state index is -0.438. The van der Waals surface area contributed by atoms with Gasteiger partial charge >= 0.3 is 0 Å². The fraction of sp³-hybridized carbons (Fsp3) is 0.161.